The molecule has 0 aliphatic heterocycles. The molecule has 0 bridgehead atoms. The molecule has 0 saturated heterocycles. The monoisotopic (exact) mass is 345 g/mol. The van der Waals surface area contributed by atoms with Crippen molar-refractivity contribution in [1.82, 2.24) is 0 Å². The summed E-state index contributed by atoms with van der Waals surface area (Å²) in [6, 6.07) is 0. The van der Waals surface area contributed by atoms with Gasteiger partial charge in [-0.15, -0.1) is 0 Å². The van der Waals surface area contributed by atoms with Crippen molar-refractivity contribution in [1.29, 1.82) is 0 Å². The predicted molar refractivity (Wildman–Crippen MR) is 36.9 cm³/mol. The van der Waals surface area contributed by atoms with Gasteiger partial charge in [0.2, 0.25) is 0 Å². The van der Waals surface area contributed by atoms with E-state index in [4.69, 9.17) is 48.5 Å². The van der Waals surface area contributed by atoms with E-state index in [2.05, 4.69) is 15.0 Å². The number of hydrogen-bond donors (Lipinski definition) is 0. The molecule has 0 aromatic rings. The number of hydrogen-bond acceptors (Lipinski definition) is 2. The van der Waals surface area contributed by atoms with Crippen molar-refractivity contribution in [2.24, 2.45) is 0 Å². The summed E-state index contributed by atoms with van der Waals surface area (Å²) in [4.78, 5) is 0. The molecule has 0 fully saturated rings. The van der Waals surface area contributed by atoms with E-state index in [1.54, 1.807) is 0 Å². The fourth-order valence-electron chi connectivity index (χ4n) is 0. The van der Waals surface area contributed by atoms with Crippen molar-refractivity contribution in [3.05, 3.63) is 0 Å². The third-order valence-electron chi connectivity index (χ3n) is 0.118. The van der Waals surface area contributed by atoms with Crippen molar-refractivity contribution in [3.63, 3.8) is 0 Å². The first-order chi connectivity index (χ1) is 3.24. The molecule has 0 aliphatic carbocycles. The average Bonchev–Trinajstić information content (AvgIpc) is 1.27. The first-order valence-corrected chi connectivity index (χ1v) is 13.3. The molecule has 9 heteroatoms. The van der Waals surface area contributed by atoms with Crippen LogP contribution in [0.2, 0.25) is 0 Å². The van der Waals surface area contributed by atoms with Gasteiger partial charge in [-0.2, -0.15) is 0 Å². The van der Waals surface area contributed by atoms with Crippen LogP contribution in [0.3, 0.4) is 0 Å². The topological polar surface area (TPSA) is 26.3 Å². The van der Waals surface area contributed by atoms with Crippen LogP contribution in [0.25, 0.3) is 0 Å². The van der Waals surface area contributed by atoms with E-state index in [1.807, 2.05) is 0 Å². The molecule has 9 heavy (non-hydrogen) atoms. The molecule has 0 radical (unpaired) electrons. The Kier molecular flexibility index (Phi) is 1.79. The Morgan fingerprint density at radius 3 is 1.11 bits per heavy atom. The second kappa shape index (κ2) is 1.45. The quantitative estimate of drug-likeness (QED) is 0.671. The molecule has 0 saturated carbocycles. The molecule has 0 aliphatic rings. The zero-order valence-corrected chi connectivity index (χ0v) is 9.59. The summed E-state index contributed by atoms with van der Waals surface area (Å²) in [5.41, 5.74) is 0. The fourth-order valence-corrected chi connectivity index (χ4v) is 0. The number of halogens is 6. The fraction of sp³-hybridized carbons (Fsp3) is 0. The molecular formula is Cl6O2Rh. The van der Waals surface area contributed by atoms with E-state index in [9.17, 15) is 3.57 Å². The van der Waals surface area contributed by atoms with Gasteiger partial charge < -0.3 is 0 Å². The molecule has 0 rings (SSSR count). The van der Waals surface area contributed by atoms with Crippen LogP contribution in [0.5, 0.6) is 0 Å². The maximum atomic E-state index is 10.8. The second-order valence-corrected chi connectivity index (χ2v) is 35.7. The van der Waals surface area contributed by atoms with Crippen LogP contribution in [0.1, 0.15) is 0 Å². The van der Waals surface area contributed by atoms with Gasteiger partial charge in [0, 0.05) is 0 Å². The van der Waals surface area contributed by atoms with Crippen molar-refractivity contribution < 1.29 is 13.3 Å². The van der Waals surface area contributed by atoms with E-state index >= 15 is 0 Å². The van der Waals surface area contributed by atoms with E-state index in [-0.39, 0.29) is 0 Å². The third-order valence-corrected chi connectivity index (χ3v) is 5.55. The summed E-state index contributed by atoms with van der Waals surface area (Å²) < 4.78 is 14.2. The normalized spacial score (nSPS) is 25.3. The first kappa shape index (κ1) is 11.1. The molecular weight excluding hydrogens is 348 g/mol. The van der Waals surface area contributed by atoms with Gasteiger partial charge in [0.15, 0.2) is 0 Å². The van der Waals surface area contributed by atoms with Crippen LogP contribution in [-0.4, -0.2) is 0 Å². The summed E-state index contributed by atoms with van der Waals surface area (Å²) in [6.07, 6.45) is 0. The predicted octanol–water partition coefficient (Wildman–Crippen LogP) is 3.95. The Morgan fingerprint density at radius 1 is 1.00 bits per heavy atom. The van der Waals surface area contributed by atoms with Crippen LogP contribution in [0, 0.1) is 0 Å². The van der Waals surface area contributed by atoms with Crippen LogP contribution in [-0.2, 0) is 13.3 Å². The van der Waals surface area contributed by atoms with E-state index < -0.39 is 6.61 Å². The van der Waals surface area contributed by atoms with Crippen LogP contribution in [0.15, 0.2) is 0 Å². The maximum absolute atomic E-state index is 10.8. The summed E-state index contributed by atoms with van der Waals surface area (Å²) in [7, 11) is 24.0. The van der Waals surface area contributed by atoms with Gasteiger partial charge >= 0.3 is 73.6 Å². The van der Waals surface area contributed by atoms with E-state index in [0.717, 1.165) is 0 Å². The van der Waals surface area contributed by atoms with Crippen molar-refractivity contribution in [2.75, 3.05) is 0 Å². The van der Waals surface area contributed by atoms with Gasteiger partial charge in [0.25, 0.3) is 0 Å². The Labute approximate surface area is 72.9 Å². The molecule has 0 amide bonds. The summed E-state index contributed by atoms with van der Waals surface area (Å²) in [5.74, 6) is 0. The minimum absolute atomic E-state index is 3.41. The van der Waals surface area contributed by atoms with Gasteiger partial charge in [-0.1, -0.05) is 0 Å². The Bertz CT molecular complexity index is 213. The Morgan fingerprint density at radius 2 is 1.11 bits per heavy atom. The molecule has 0 spiro atoms. The zero-order valence-electron chi connectivity index (χ0n) is 3.42. The van der Waals surface area contributed by atoms with E-state index in [1.165, 1.54) is 0 Å². The van der Waals surface area contributed by atoms with Crippen LogP contribution >= 0.6 is 60.3 Å². The molecule has 2 nitrogen and oxygen atoms in total. The molecule has 0 heterocycles. The second-order valence-electron chi connectivity index (χ2n) is 1.10. The van der Waals surface area contributed by atoms with Gasteiger partial charge in [-0.25, -0.2) is 0 Å². The van der Waals surface area contributed by atoms with Gasteiger partial charge in [-0.05, 0) is 0 Å². The SMILES string of the molecule is [O]=[Rh]([Cl])([Cl])([Cl])([Cl])([Cl])[O]Cl. The van der Waals surface area contributed by atoms with Crippen molar-refractivity contribution in [3.8, 4) is 0 Å². The molecule has 0 aromatic heterocycles. The minimum atomic E-state index is -7.22. The van der Waals surface area contributed by atoms with Gasteiger partial charge in [0.1, 0.15) is 0 Å². The Balaban J connectivity index is 5.50. The molecule has 63 valence electrons. The molecule has 0 atom stereocenters. The van der Waals surface area contributed by atoms with Crippen LogP contribution in [0.4, 0.5) is 0 Å². The summed E-state index contributed by atoms with van der Waals surface area (Å²) >= 11 is 4.50. The van der Waals surface area contributed by atoms with Gasteiger partial charge in [0.05, 0.1) is 0 Å². The third kappa shape index (κ3) is 10.1. The molecule has 0 aromatic carbocycles. The first-order valence-electron chi connectivity index (χ1n) is 1.06. The number of rotatable bonds is 1. The summed E-state index contributed by atoms with van der Waals surface area (Å²) in [5, 5.41) is 0. The standard InChI is InChI=1S/ClO.5ClH.O.Rh/c1-2;;;;;;;/h;5*1H;;/q-1;;;;;;;+6/p-5. The average molecular weight is 348 g/mol. The summed E-state index contributed by atoms with van der Waals surface area (Å²) in [6.45, 7) is -7.22. The van der Waals surface area contributed by atoms with Crippen molar-refractivity contribution >= 4 is 60.3 Å². The zero-order chi connectivity index (χ0) is 8.09. The Hall–Kier alpha value is 2.12. The van der Waals surface area contributed by atoms with Crippen LogP contribution < -0.4 is 0 Å². The molecule has 0 N–H and O–H groups in total. The van der Waals surface area contributed by atoms with Crippen molar-refractivity contribution in [2.45, 2.75) is 0 Å². The van der Waals surface area contributed by atoms with Gasteiger partial charge in [-0.3, -0.25) is 0 Å². The molecule has 0 unspecified atom stereocenters. The van der Waals surface area contributed by atoms with E-state index in [0.29, 0.717) is 0 Å².